The highest BCUT2D eigenvalue weighted by Gasteiger charge is 2.32. The van der Waals surface area contributed by atoms with Crippen LogP contribution in [-0.4, -0.2) is 4.98 Å². The summed E-state index contributed by atoms with van der Waals surface area (Å²) in [6, 6.07) is 7.43. The summed E-state index contributed by atoms with van der Waals surface area (Å²) in [6.07, 6.45) is -3.57. The molecule has 2 rings (SSSR count). The average molecular weight is 266 g/mol. The maximum Gasteiger partial charge on any atom is 0.433 e. The van der Waals surface area contributed by atoms with Crippen molar-refractivity contribution in [2.45, 2.75) is 6.18 Å². The molecule has 0 spiro atoms. The van der Waals surface area contributed by atoms with Gasteiger partial charge in [-0.05, 0) is 18.2 Å². The smallest absolute Gasteiger partial charge is 0.251 e. The molecule has 0 N–H and O–H groups in total. The Kier molecular flexibility index (Phi) is 3.21. The summed E-state index contributed by atoms with van der Waals surface area (Å²) < 4.78 is 50.6. The number of rotatable bonds is 1. The van der Waals surface area contributed by atoms with Gasteiger partial charge in [-0.15, -0.1) is 0 Å². The fourth-order valence-electron chi connectivity index (χ4n) is 1.54. The van der Waals surface area contributed by atoms with Crippen molar-refractivity contribution >= 4 is 0 Å². The molecule has 0 saturated heterocycles. The number of benzene rings is 1. The van der Waals surface area contributed by atoms with Gasteiger partial charge in [-0.3, -0.25) is 4.98 Å². The summed E-state index contributed by atoms with van der Waals surface area (Å²) in [5.41, 5.74) is -0.582. The lowest BCUT2D eigenvalue weighted by Gasteiger charge is -2.07. The van der Waals surface area contributed by atoms with Gasteiger partial charge in [-0.1, -0.05) is 12.1 Å². The molecule has 0 unspecified atom stereocenters. The molecule has 1 heterocycles. The molecule has 0 aliphatic heterocycles. The third kappa shape index (κ3) is 2.71. The molecule has 19 heavy (non-hydrogen) atoms. The maximum absolute atomic E-state index is 13.7. The highest BCUT2D eigenvalue weighted by atomic mass is 19.4. The first-order valence-corrected chi connectivity index (χ1v) is 5.15. The van der Waals surface area contributed by atoms with Gasteiger partial charge in [-0.25, -0.2) is 4.39 Å². The Labute approximate surface area is 105 Å². The van der Waals surface area contributed by atoms with E-state index in [9.17, 15) is 17.6 Å². The SMILES string of the molecule is N#Cc1ccc(-c2ccc(C(F)(F)F)nc2)c(F)c1. The van der Waals surface area contributed by atoms with Crippen LogP contribution < -0.4 is 0 Å². The van der Waals surface area contributed by atoms with E-state index in [2.05, 4.69) is 4.98 Å². The molecule has 0 fully saturated rings. The zero-order valence-corrected chi connectivity index (χ0v) is 9.37. The van der Waals surface area contributed by atoms with Gasteiger partial charge in [0.1, 0.15) is 11.5 Å². The lowest BCUT2D eigenvalue weighted by molar-refractivity contribution is -0.141. The first kappa shape index (κ1) is 13.0. The monoisotopic (exact) mass is 266 g/mol. The van der Waals surface area contributed by atoms with Gasteiger partial charge in [0.2, 0.25) is 0 Å². The maximum atomic E-state index is 13.7. The van der Waals surface area contributed by atoms with Gasteiger partial charge in [0, 0.05) is 17.3 Å². The molecule has 96 valence electrons. The Balaban J connectivity index is 2.41. The Hall–Kier alpha value is -2.42. The van der Waals surface area contributed by atoms with E-state index in [1.807, 2.05) is 0 Å². The minimum absolute atomic E-state index is 0.0974. The highest BCUT2D eigenvalue weighted by Crippen LogP contribution is 2.29. The van der Waals surface area contributed by atoms with Crippen molar-refractivity contribution in [1.82, 2.24) is 4.98 Å². The van der Waals surface area contributed by atoms with Gasteiger partial charge in [0.15, 0.2) is 0 Å². The van der Waals surface area contributed by atoms with Gasteiger partial charge in [0.05, 0.1) is 11.6 Å². The minimum atomic E-state index is -4.53. The van der Waals surface area contributed by atoms with Gasteiger partial charge in [-0.2, -0.15) is 18.4 Å². The number of halogens is 4. The zero-order valence-electron chi connectivity index (χ0n) is 9.37. The topological polar surface area (TPSA) is 36.7 Å². The second kappa shape index (κ2) is 4.69. The van der Waals surface area contributed by atoms with E-state index >= 15 is 0 Å². The minimum Gasteiger partial charge on any atom is -0.251 e. The quantitative estimate of drug-likeness (QED) is 0.736. The van der Waals surface area contributed by atoms with E-state index in [1.165, 1.54) is 12.1 Å². The van der Waals surface area contributed by atoms with Gasteiger partial charge in [0.25, 0.3) is 0 Å². The summed E-state index contributed by atoms with van der Waals surface area (Å²) in [5, 5.41) is 8.60. The van der Waals surface area contributed by atoms with Crippen molar-refractivity contribution in [3.8, 4) is 17.2 Å². The fourth-order valence-corrected chi connectivity index (χ4v) is 1.54. The van der Waals surface area contributed by atoms with Crippen LogP contribution in [0.5, 0.6) is 0 Å². The van der Waals surface area contributed by atoms with Crippen LogP contribution in [0.2, 0.25) is 0 Å². The van der Waals surface area contributed by atoms with Crippen molar-refractivity contribution in [2.75, 3.05) is 0 Å². The van der Waals surface area contributed by atoms with Crippen LogP contribution in [0.1, 0.15) is 11.3 Å². The normalized spacial score (nSPS) is 11.1. The molecule has 0 amide bonds. The molecule has 1 aromatic heterocycles. The standard InChI is InChI=1S/C13H6F4N2/c14-11-5-8(6-18)1-3-10(11)9-2-4-12(19-7-9)13(15,16)17/h1-5,7H. The Morgan fingerprint density at radius 1 is 1.11 bits per heavy atom. The third-order valence-electron chi connectivity index (χ3n) is 2.46. The van der Waals surface area contributed by atoms with Crippen LogP contribution >= 0.6 is 0 Å². The summed E-state index contributed by atoms with van der Waals surface area (Å²) in [4.78, 5) is 3.25. The predicted molar refractivity (Wildman–Crippen MR) is 59.3 cm³/mol. The molecule has 0 radical (unpaired) electrons. The molecular weight excluding hydrogens is 260 g/mol. The summed E-state index contributed by atoms with van der Waals surface area (Å²) in [5.74, 6) is -0.680. The number of nitriles is 1. The third-order valence-corrected chi connectivity index (χ3v) is 2.46. The zero-order chi connectivity index (χ0) is 14.0. The van der Waals surface area contributed by atoms with Crippen molar-refractivity contribution in [3.05, 3.63) is 53.6 Å². The van der Waals surface area contributed by atoms with E-state index in [0.29, 0.717) is 0 Å². The number of nitrogens with zero attached hydrogens (tertiary/aromatic N) is 2. The summed E-state index contributed by atoms with van der Waals surface area (Å²) in [7, 11) is 0. The fraction of sp³-hybridized carbons (Fsp3) is 0.0769. The largest absolute Gasteiger partial charge is 0.433 e. The number of aromatic nitrogens is 1. The van der Waals surface area contributed by atoms with Gasteiger partial charge < -0.3 is 0 Å². The Morgan fingerprint density at radius 2 is 1.84 bits per heavy atom. The number of hydrogen-bond acceptors (Lipinski definition) is 2. The number of alkyl halides is 3. The van der Waals surface area contributed by atoms with E-state index in [4.69, 9.17) is 5.26 Å². The van der Waals surface area contributed by atoms with Crippen molar-refractivity contribution < 1.29 is 17.6 Å². The molecule has 2 aromatic rings. The van der Waals surface area contributed by atoms with Crippen LogP contribution in [0.25, 0.3) is 11.1 Å². The summed E-state index contributed by atoms with van der Waals surface area (Å²) in [6.45, 7) is 0. The second-order valence-corrected chi connectivity index (χ2v) is 3.74. The number of pyridine rings is 1. The van der Waals surface area contributed by atoms with Crippen molar-refractivity contribution in [1.29, 1.82) is 5.26 Å². The molecule has 0 aliphatic rings. The molecule has 0 bridgehead atoms. The van der Waals surface area contributed by atoms with Crippen LogP contribution in [0, 0.1) is 17.1 Å². The first-order valence-electron chi connectivity index (χ1n) is 5.15. The van der Waals surface area contributed by atoms with Crippen molar-refractivity contribution in [3.63, 3.8) is 0 Å². The predicted octanol–water partition coefficient (Wildman–Crippen LogP) is 3.78. The van der Waals surface area contributed by atoms with E-state index in [0.717, 1.165) is 24.4 Å². The van der Waals surface area contributed by atoms with Crippen LogP contribution in [0.4, 0.5) is 17.6 Å². The van der Waals surface area contributed by atoms with E-state index in [-0.39, 0.29) is 16.7 Å². The molecular formula is C13H6F4N2. The van der Waals surface area contributed by atoms with E-state index < -0.39 is 17.7 Å². The number of hydrogen-bond donors (Lipinski definition) is 0. The van der Waals surface area contributed by atoms with Gasteiger partial charge >= 0.3 is 6.18 Å². The second-order valence-electron chi connectivity index (χ2n) is 3.74. The first-order chi connectivity index (χ1) is 8.91. The lowest BCUT2D eigenvalue weighted by atomic mass is 10.0. The molecule has 0 atom stereocenters. The molecule has 1 aromatic carbocycles. The Bertz CT molecular complexity index is 639. The van der Waals surface area contributed by atoms with Crippen molar-refractivity contribution in [2.24, 2.45) is 0 Å². The molecule has 0 saturated carbocycles. The van der Waals surface area contributed by atoms with E-state index in [1.54, 1.807) is 6.07 Å². The molecule has 2 nitrogen and oxygen atoms in total. The highest BCUT2D eigenvalue weighted by molar-refractivity contribution is 5.64. The molecule has 6 heteroatoms. The average Bonchev–Trinajstić information content (AvgIpc) is 2.37. The molecule has 0 aliphatic carbocycles. The Morgan fingerprint density at radius 3 is 2.32 bits per heavy atom. The lowest BCUT2D eigenvalue weighted by Crippen LogP contribution is -2.07. The van der Waals surface area contributed by atoms with Crippen LogP contribution in [-0.2, 0) is 6.18 Å². The van der Waals surface area contributed by atoms with Crippen LogP contribution in [0.15, 0.2) is 36.5 Å². The summed E-state index contributed by atoms with van der Waals surface area (Å²) >= 11 is 0. The van der Waals surface area contributed by atoms with Crippen LogP contribution in [0.3, 0.4) is 0 Å².